The van der Waals surface area contributed by atoms with Crippen LogP contribution in [-0.2, 0) is 0 Å². The fraction of sp³-hybridized carbons (Fsp3) is 0.130. The lowest BCUT2D eigenvalue weighted by molar-refractivity contribution is -0.359. The number of halogens is 1. The van der Waals surface area contributed by atoms with Crippen molar-refractivity contribution in [3.8, 4) is 34.4 Å². The van der Waals surface area contributed by atoms with E-state index in [1.54, 1.807) is 39.3 Å². The lowest BCUT2D eigenvalue weighted by Gasteiger charge is -2.10. The van der Waals surface area contributed by atoms with Crippen LogP contribution in [0.2, 0.25) is 5.02 Å². The van der Waals surface area contributed by atoms with Crippen molar-refractivity contribution in [2.24, 2.45) is 0 Å². The summed E-state index contributed by atoms with van der Waals surface area (Å²) in [5.41, 5.74) is 4.04. The number of aromatic carboxylic acids is 1. The number of fused-ring (bicyclic) bond motifs is 1. The fourth-order valence-corrected chi connectivity index (χ4v) is 3.62. The number of carbonyl (C=O) groups is 1. The molecule has 31 heavy (non-hydrogen) atoms. The van der Waals surface area contributed by atoms with Crippen LogP contribution in [0, 0.1) is 6.92 Å². The number of aromatic amines is 2. The van der Waals surface area contributed by atoms with E-state index in [0.717, 1.165) is 22.2 Å². The summed E-state index contributed by atoms with van der Waals surface area (Å²) in [7, 11) is 3.16. The number of H-pyrrole nitrogens is 2. The zero-order valence-electron chi connectivity index (χ0n) is 17.1. The Kier molecular flexibility index (Phi) is 5.44. The molecule has 8 heteroatoms. The molecule has 0 amide bonds. The first-order valence-corrected chi connectivity index (χ1v) is 9.76. The molecule has 0 saturated carbocycles. The van der Waals surface area contributed by atoms with Crippen molar-refractivity contribution in [2.45, 2.75) is 6.92 Å². The van der Waals surface area contributed by atoms with E-state index in [-0.39, 0.29) is 5.56 Å². The topological polar surface area (TPSA) is 94.9 Å². The minimum Gasteiger partial charge on any atom is -0.493 e. The number of carboxylic acid groups (broad SMARTS) is 1. The monoisotopic (exact) mass is 439 g/mol. The maximum atomic E-state index is 11.4. The number of hydrogen-bond acceptors (Lipinski definition) is 4. The van der Waals surface area contributed by atoms with E-state index >= 15 is 0 Å². The largest absolute Gasteiger partial charge is 0.493 e. The van der Waals surface area contributed by atoms with Crippen molar-refractivity contribution in [3.05, 3.63) is 64.7 Å². The summed E-state index contributed by atoms with van der Waals surface area (Å²) in [6.45, 7) is 1.74. The van der Waals surface area contributed by atoms with Gasteiger partial charge in [-0.05, 0) is 48.4 Å². The predicted molar refractivity (Wildman–Crippen MR) is 117 cm³/mol. The number of benzene rings is 3. The molecule has 0 bridgehead atoms. The Hall–Kier alpha value is -3.71. The van der Waals surface area contributed by atoms with Crippen LogP contribution >= 0.6 is 11.6 Å². The fourth-order valence-electron chi connectivity index (χ4n) is 3.34. The third-order valence-electron chi connectivity index (χ3n) is 4.96. The van der Waals surface area contributed by atoms with Gasteiger partial charge in [-0.2, -0.15) is 0 Å². The van der Waals surface area contributed by atoms with Gasteiger partial charge < -0.3 is 19.3 Å². The molecule has 0 aliphatic heterocycles. The van der Waals surface area contributed by atoms with Crippen LogP contribution in [0.4, 0.5) is 0 Å². The van der Waals surface area contributed by atoms with E-state index in [0.29, 0.717) is 33.8 Å². The molecule has 0 aliphatic rings. The van der Waals surface area contributed by atoms with E-state index in [1.807, 2.05) is 24.3 Å². The molecule has 0 fully saturated rings. The Bertz CT molecular complexity index is 1300. The summed E-state index contributed by atoms with van der Waals surface area (Å²) in [5.74, 6) is 0.630. The Morgan fingerprint density at radius 2 is 1.81 bits per heavy atom. The predicted octanol–water partition coefficient (Wildman–Crippen LogP) is 5.12. The Balaban J connectivity index is 1.70. The van der Waals surface area contributed by atoms with E-state index in [2.05, 4.69) is 9.97 Å². The molecule has 4 rings (SSSR count). The van der Waals surface area contributed by atoms with Crippen LogP contribution in [0.25, 0.3) is 22.2 Å². The van der Waals surface area contributed by atoms with E-state index in [1.165, 1.54) is 6.07 Å². The number of aromatic nitrogens is 2. The van der Waals surface area contributed by atoms with Crippen LogP contribution in [0.5, 0.6) is 23.3 Å². The number of hydrogen-bond donors (Lipinski definition) is 2. The van der Waals surface area contributed by atoms with Crippen molar-refractivity contribution in [1.82, 2.24) is 4.98 Å². The molecule has 0 aliphatic carbocycles. The zero-order valence-corrected chi connectivity index (χ0v) is 17.8. The highest BCUT2D eigenvalue weighted by Crippen LogP contribution is 2.36. The van der Waals surface area contributed by atoms with Gasteiger partial charge in [-0.25, -0.2) is 14.8 Å². The number of carboxylic acids is 1. The summed E-state index contributed by atoms with van der Waals surface area (Å²) >= 11 is 6.54. The van der Waals surface area contributed by atoms with Crippen LogP contribution in [0.3, 0.4) is 0 Å². The number of nitrogens with one attached hydrogen (secondary N) is 2. The number of aryl methyl sites for hydroxylation is 1. The second kappa shape index (κ2) is 8.20. The minimum absolute atomic E-state index is 0.187. The van der Waals surface area contributed by atoms with Crippen molar-refractivity contribution in [1.29, 1.82) is 0 Å². The Labute approximate surface area is 183 Å². The third kappa shape index (κ3) is 4.00. The number of methoxy groups -OCH3 is 2. The van der Waals surface area contributed by atoms with E-state index in [4.69, 9.17) is 25.8 Å². The average Bonchev–Trinajstić information content (AvgIpc) is 3.14. The van der Waals surface area contributed by atoms with Gasteiger partial charge in [-0.1, -0.05) is 23.7 Å². The van der Waals surface area contributed by atoms with Gasteiger partial charge in [0.05, 0.1) is 24.8 Å². The van der Waals surface area contributed by atoms with Gasteiger partial charge >= 0.3 is 12.0 Å². The van der Waals surface area contributed by atoms with Crippen molar-refractivity contribution in [2.75, 3.05) is 14.2 Å². The summed E-state index contributed by atoms with van der Waals surface area (Å²) in [4.78, 5) is 17.6. The smallest absolute Gasteiger partial charge is 0.458 e. The van der Waals surface area contributed by atoms with Crippen molar-refractivity contribution < 1.29 is 29.1 Å². The molecule has 1 heterocycles. The standard InChI is InChI=1S/C23H19ClN2O5/c1-12-4-6-14(9-15(12)22(27)28)31-23-25-18-10-16(17(24)11-19(18)26-23)13-5-7-20(29-2)21(8-13)30-3/h4-11H,1-3H3,(H,25,26)(H,27,28)/p+1. The molecule has 0 radical (unpaired) electrons. The van der Waals surface area contributed by atoms with Crippen molar-refractivity contribution in [3.63, 3.8) is 0 Å². The Morgan fingerprint density at radius 1 is 1.03 bits per heavy atom. The van der Waals surface area contributed by atoms with Gasteiger partial charge in [-0.15, -0.1) is 0 Å². The second-order valence-electron chi connectivity index (χ2n) is 6.91. The molecule has 0 atom stereocenters. The summed E-state index contributed by atoms with van der Waals surface area (Å²) in [5, 5.41) is 9.85. The normalized spacial score (nSPS) is 10.8. The first-order chi connectivity index (χ1) is 14.9. The highest BCUT2D eigenvalue weighted by atomic mass is 35.5. The van der Waals surface area contributed by atoms with Gasteiger partial charge in [0, 0.05) is 11.6 Å². The molecule has 7 nitrogen and oxygen atoms in total. The molecule has 158 valence electrons. The first-order valence-electron chi connectivity index (χ1n) is 9.38. The summed E-state index contributed by atoms with van der Waals surface area (Å²) < 4.78 is 16.5. The summed E-state index contributed by atoms with van der Waals surface area (Å²) in [6, 6.07) is 14.5. The van der Waals surface area contributed by atoms with Crippen LogP contribution in [0.1, 0.15) is 15.9 Å². The molecule has 3 aromatic carbocycles. The molecule has 1 aromatic heterocycles. The lowest BCUT2D eigenvalue weighted by Crippen LogP contribution is -2.04. The molecule has 0 unspecified atom stereocenters. The van der Waals surface area contributed by atoms with Gasteiger partial charge in [0.15, 0.2) is 22.5 Å². The van der Waals surface area contributed by atoms with Gasteiger partial charge in [0.25, 0.3) is 0 Å². The average molecular weight is 440 g/mol. The molecule has 0 saturated heterocycles. The zero-order chi connectivity index (χ0) is 22.1. The molecule has 3 N–H and O–H groups in total. The summed E-state index contributed by atoms with van der Waals surface area (Å²) in [6.07, 6.45) is 0. The van der Waals surface area contributed by atoms with E-state index < -0.39 is 5.97 Å². The highest BCUT2D eigenvalue weighted by Gasteiger charge is 2.18. The molecule has 4 aromatic rings. The SMILES string of the molecule is COc1ccc(-c2cc3[nH+]c(Oc4ccc(C)c(C(=O)O)c4)[nH]c3cc2Cl)cc1OC. The highest BCUT2D eigenvalue weighted by molar-refractivity contribution is 6.34. The quantitative estimate of drug-likeness (QED) is 0.435. The van der Waals surface area contributed by atoms with Gasteiger partial charge in [0.1, 0.15) is 5.75 Å². The molecular formula is C23H20ClN2O5+. The van der Waals surface area contributed by atoms with Gasteiger partial charge in [-0.3, -0.25) is 0 Å². The number of ether oxygens (including phenoxy) is 3. The third-order valence-corrected chi connectivity index (χ3v) is 5.27. The van der Waals surface area contributed by atoms with Crippen molar-refractivity contribution >= 4 is 28.6 Å². The van der Waals surface area contributed by atoms with Crippen LogP contribution in [0.15, 0.2) is 48.5 Å². The number of imidazole rings is 1. The Morgan fingerprint density at radius 3 is 2.52 bits per heavy atom. The first kappa shape index (κ1) is 20.6. The van der Waals surface area contributed by atoms with E-state index in [9.17, 15) is 9.90 Å². The maximum Gasteiger partial charge on any atom is 0.458 e. The van der Waals surface area contributed by atoms with Gasteiger partial charge in [0.2, 0.25) is 0 Å². The number of rotatable bonds is 6. The second-order valence-corrected chi connectivity index (χ2v) is 7.32. The lowest BCUT2D eigenvalue weighted by atomic mass is 10.0. The molecule has 0 spiro atoms. The van der Waals surface area contributed by atoms with Crippen LogP contribution < -0.4 is 19.2 Å². The molecular weight excluding hydrogens is 420 g/mol. The van der Waals surface area contributed by atoms with Crippen LogP contribution in [-0.4, -0.2) is 30.3 Å². The maximum absolute atomic E-state index is 11.4. The minimum atomic E-state index is -1.00.